The second kappa shape index (κ2) is 7.27. The number of nitrogens with zero attached hydrogens (tertiary/aromatic N) is 3. The van der Waals surface area contributed by atoms with Crippen molar-refractivity contribution in [2.45, 2.75) is 11.8 Å². The number of nitrogens with one attached hydrogen (secondary N) is 2. The van der Waals surface area contributed by atoms with Crippen molar-refractivity contribution in [3.8, 4) is 0 Å². The maximum Gasteiger partial charge on any atom is 0.274 e. The number of carbonyl (C=O) groups is 1. The van der Waals surface area contributed by atoms with Crippen molar-refractivity contribution in [1.82, 2.24) is 9.21 Å². The number of quaternary nitrogens is 1. The number of likely N-dealkylation sites (N-methyl/N-ethyl adjacent to an activating group) is 1. The summed E-state index contributed by atoms with van der Waals surface area (Å²) in [6.07, 6.45) is 1.58. The van der Waals surface area contributed by atoms with Gasteiger partial charge in [0.05, 0.1) is 46.3 Å². The van der Waals surface area contributed by atoms with Gasteiger partial charge in [-0.3, -0.25) is 9.69 Å². The third-order valence-electron chi connectivity index (χ3n) is 5.05. The molecule has 2 aliphatic heterocycles. The van der Waals surface area contributed by atoms with Gasteiger partial charge in [-0.25, -0.2) is 13.4 Å². The van der Waals surface area contributed by atoms with E-state index in [0.717, 1.165) is 32.0 Å². The Bertz CT molecular complexity index is 706. The number of piperazine rings is 2. The summed E-state index contributed by atoms with van der Waals surface area (Å²) >= 11 is 0. The van der Waals surface area contributed by atoms with Gasteiger partial charge < -0.3 is 9.80 Å². The van der Waals surface area contributed by atoms with E-state index in [2.05, 4.69) is 16.9 Å². The molecule has 9 heteroatoms. The molecule has 2 N–H and O–H groups in total. The van der Waals surface area contributed by atoms with Crippen molar-refractivity contribution in [2.24, 2.45) is 0 Å². The van der Waals surface area contributed by atoms with E-state index in [-0.39, 0.29) is 5.91 Å². The lowest BCUT2D eigenvalue weighted by atomic mass is 10.3. The topological polar surface area (TPSA) is 79.5 Å². The molecule has 0 saturated carbocycles. The van der Waals surface area contributed by atoms with Crippen LogP contribution in [0.15, 0.2) is 23.2 Å². The third-order valence-corrected chi connectivity index (χ3v) is 6.94. The molecule has 138 valence electrons. The minimum Gasteiger partial charge on any atom is -0.335 e. The molecule has 0 bridgehead atoms. The summed E-state index contributed by atoms with van der Waals surface area (Å²) in [4.78, 5) is 20.1. The molecule has 2 fully saturated rings. The van der Waals surface area contributed by atoms with Gasteiger partial charge in [-0.2, -0.15) is 4.31 Å². The number of carbonyl (C=O) groups excluding carboxylic acids is 1. The molecule has 2 saturated heterocycles. The predicted octanol–water partition coefficient (Wildman–Crippen LogP) is -2.31. The zero-order valence-electron chi connectivity index (χ0n) is 14.9. The molecule has 1 amide bonds. The van der Waals surface area contributed by atoms with Crippen LogP contribution in [0.5, 0.6) is 0 Å². The number of aromatic nitrogens is 1. The van der Waals surface area contributed by atoms with Gasteiger partial charge in [0.25, 0.3) is 5.82 Å². The molecular weight excluding hydrogens is 342 g/mol. The van der Waals surface area contributed by atoms with Gasteiger partial charge in [0.1, 0.15) is 24.2 Å². The van der Waals surface area contributed by atoms with Gasteiger partial charge >= 0.3 is 0 Å². The number of sulfonamides is 1. The molecule has 0 aliphatic carbocycles. The molecule has 25 heavy (non-hydrogen) atoms. The standard InChI is InChI=1S/C16H25N5O3S/c1-14(22)19-7-9-20(10-8-19)16-4-3-15(13-17-16)25(23,24)21-11-5-18(2)6-12-21/h3-4,13H,5-12H2,1-2H3/p+2. The highest BCUT2D eigenvalue weighted by Gasteiger charge is 2.31. The lowest BCUT2D eigenvalue weighted by Gasteiger charge is -2.30. The zero-order valence-corrected chi connectivity index (χ0v) is 15.7. The Kier molecular flexibility index (Phi) is 5.26. The van der Waals surface area contributed by atoms with Crippen molar-refractivity contribution >= 4 is 21.7 Å². The summed E-state index contributed by atoms with van der Waals surface area (Å²) in [7, 11) is -1.35. The van der Waals surface area contributed by atoms with Crippen LogP contribution < -0.4 is 14.8 Å². The lowest BCUT2D eigenvalue weighted by Crippen LogP contribution is -3.12. The Labute approximate surface area is 149 Å². The van der Waals surface area contributed by atoms with Gasteiger partial charge in [0.2, 0.25) is 15.9 Å². The van der Waals surface area contributed by atoms with Crippen LogP contribution in [-0.2, 0) is 14.8 Å². The molecule has 2 aliphatic rings. The smallest absolute Gasteiger partial charge is 0.274 e. The highest BCUT2D eigenvalue weighted by molar-refractivity contribution is 7.89. The zero-order chi connectivity index (χ0) is 18.0. The number of anilines is 1. The molecule has 1 aromatic heterocycles. The van der Waals surface area contributed by atoms with Crippen LogP contribution in [0.2, 0.25) is 0 Å². The maximum atomic E-state index is 12.7. The summed E-state index contributed by atoms with van der Waals surface area (Å²) in [5, 5.41) is 0. The molecule has 0 spiro atoms. The molecule has 1 aromatic rings. The van der Waals surface area contributed by atoms with Gasteiger partial charge in [-0.15, -0.1) is 0 Å². The lowest BCUT2D eigenvalue weighted by molar-refractivity contribution is -0.883. The van der Waals surface area contributed by atoms with E-state index < -0.39 is 10.0 Å². The average molecular weight is 369 g/mol. The number of hydrogen-bond donors (Lipinski definition) is 1. The van der Waals surface area contributed by atoms with E-state index in [1.165, 1.54) is 4.90 Å². The number of pyridine rings is 1. The van der Waals surface area contributed by atoms with Crippen LogP contribution in [0.3, 0.4) is 0 Å². The summed E-state index contributed by atoms with van der Waals surface area (Å²) in [6, 6.07) is 3.49. The SMILES string of the molecule is CC(=O)N1CCN(c2ccc(S(=O)(=O)N3CC[NH+](C)CC3)c[nH+]2)CC1. The van der Waals surface area contributed by atoms with Gasteiger partial charge in [0.15, 0.2) is 0 Å². The summed E-state index contributed by atoms with van der Waals surface area (Å²) < 4.78 is 27.0. The van der Waals surface area contributed by atoms with E-state index in [0.29, 0.717) is 31.1 Å². The second-order valence-corrected chi connectivity index (χ2v) is 8.70. The Hall–Kier alpha value is -1.71. The Balaban J connectivity index is 1.67. The monoisotopic (exact) mass is 369 g/mol. The molecular formula is C16H27N5O3S+2. The van der Waals surface area contributed by atoms with E-state index in [1.807, 2.05) is 11.0 Å². The number of hydrogen-bond acceptors (Lipinski definition) is 4. The second-order valence-electron chi connectivity index (χ2n) is 6.76. The van der Waals surface area contributed by atoms with E-state index >= 15 is 0 Å². The first-order valence-corrected chi connectivity index (χ1v) is 10.2. The number of amides is 1. The third kappa shape index (κ3) is 3.94. The van der Waals surface area contributed by atoms with E-state index in [9.17, 15) is 13.2 Å². The molecule has 0 aromatic carbocycles. The van der Waals surface area contributed by atoms with Crippen LogP contribution in [-0.4, -0.2) is 82.9 Å². The molecule has 8 nitrogen and oxygen atoms in total. The number of H-pyrrole nitrogens is 1. The van der Waals surface area contributed by atoms with Crippen LogP contribution in [0.1, 0.15) is 6.92 Å². The molecule has 3 rings (SSSR count). The summed E-state index contributed by atoms with van der Waals surface area (Å²) in [5.41, 5.74) is 0. The van der Waals surface area contributed by atoms with Gasteiger partial charge in [-0.1, -0.05) is 0 Å². The normalized spacial score (nSPS) is 20.7. The average Bonchev–Trinajstić information content (AvgIpc) is 2.62. The van der Waals surface area contributed by atoms with Gasteiger partial charge in [-0.05, 0) is 6.07 Å². The fraction of sp³-hybridized carbons (Fsp3) is 0.625. The highest BCUT2D eigenvalue weighted by Crippen LogP contribution is 2.17. The van der Waals surface area contributed by atoms with Crippen LogP contribution in [0.4, 0.5) is 5.82 Å². The van der Waals surface area contributed by atoms with Gasteiger partial charge in [0, 0.05) is 13.0 Å². The number of aromatic amines is 1. The first-order chi connectivity index (χ1) is 11.9. The highest BCUT2D eigenvalue weighted by atomic mass is 32.2. The van der Waals surface area contributed by atoms with Crippen LogP contribution in [0, 0.1) is 0 Å². The fourth-order valence-electron chi connectivity index (χ4n) is 3.28. The molecule has 3 heterocycles. The van der Waals surface area contributed by atoms with E-state index in [1.54, 1.807) is 23.5 Å². The minimum atomic E-state index is -3.44. The van der Waals surface area contributed by atoms with Crippen molar-refractivity contribution in [2.75, 3.05) is 64.3 Å². The van der Waals surface area contributed by atoms with E-state index in [4.69, 9.17) is 0 Å². The summed E-state index contributed by atoms with van der Waals surface area (Å²) in [6.45, 7) is 7.22. The first kappa shape index (κ1) is 18.1. The first-order valence-electron chi connectivity index (χ1n) is 8.71. The fourth-order valence-corrected chi connectivity index (χ4v) is 4.69. The number of rotatable bonds is 3. The largest absolute Gasteiger partial charge is 0.335 e. The quantitative estimate of drug-likeness (QED) is 0.649. The Morgan fingerprint density at radius 1 is 1.08 bits per heavy atom. The van der Waals surface area contributed by atoms with Crippen molar-refractivity contribution in [3.05, 3.63) is 18.3 Å². The molecule has 0 atom stereocenters. The molecule has 0 radical (unpaired) electrons. The predicted molar refractivity (Wildman–Crippen MR) is 92.8 cm³/mol. The minimum absolute atomic E-state index is 0.0964. The van der Waals surface area contributed by atoms with Crippen LogP contribution in [0.25, 0.3) is 0 Å². The van der Waals surface area contributed by atoms with Crippen molar-refractivity contribution in [3.63, 3.8) is 0 Å². The summed E-state index contributed by atoms with van der Waals surface area (Å²) in [5.74, 6) is 0.976. The van der Waals surface area contributed by atoms with Crippen molar-refractivity contribution < 1.29 is 23.1 Å². The van der Waals surface area contributed by atoms with Crippen molar-refractivity contribution in [1.29, 1.82) is 0 Å². The molecule has 0 unspecified atom stereocenters. The van der Waals surface area contributed by atoms with Crippen LogP contribution >= 0.6 is 0 Å². The Morgan fingerprint density at radius 3 is 2.24 bits per heavy atom. The maximum absolute atomic E-state index is 12.7. The Morgan fingerprint density at radius 2 is 1.72 bits per heavy atom.